The van der Waals surface area contributed by atoms with Gasteiger partial charge in [0.25, 0.3) is 0 Å². The van der Waals surface area contributed by atoms with Gasteiger partial charge in [0.15, 0.2) is 10.2 Å². The van der Waals surface area contributed by atoms with Crippen molar-refractivity contribution in [2.24, 2.45) is 0 Å². The van der Waals surface area contributed by atoms with Crippen LogP contribution in [0.4, 0.5) is 18.9 Å². The Hall–Kier alpha value is -2.39. The lowest BCUT2D eigenvalue weighted by molar-refractivity contribution is -0.137. The van der Waals surface area contributed by atoms with E-state index in [4.69, 9.17) is 0 Å². The van der Waals surface area contributed by atoms with Crippen molar-refractivity contribution < 1.29 is 18.0 Å². The van der Waals surface area contributed by atoms with E-state index >= 15 is 0 Å². The minimum Gasteiger partial charge on any atom is -0.325 e. The molecule has 1 aromatic heterocycles. The molecule has 0 saturated heterocycles. The second-order valence-electron chi connectivity index (χ2n) is 5.67. The molecular formula is C18H14F3N3OS2. The van der Waals surface area contributed by atoms with Crippen LogP contribution in [0.25, 0.3) is 11.4 Å². The number of halogens is 3. The minimum atomic E-state index is -4.45. The molecule has 0 atom stereocenters. The first kappa shape index (κ1) is 19.4. The maximum Gasteiger partial charge on any atom is 0.416 e. The summed E-state index contributed by atoms with van der Waals surface area (Å²) in [7, 11) is 0. The molecule has 0 spiro atoms. The van der Waals surface area contributed by atoms with Gasteiger partial charge in [0.2, 0.25) is 5.91 Å². The summed E-state index contributed by atoms with van der Waals surface area (Å²) in [6, 6.07) is 12.3. The lowest BCUT2D eigenvalue weighted by Gasteiger charge is -2.09. The predicted octanol–water partition coefficient (Wildman–Crippen LogP) is 5.26. The van der Waals surface area contributed by atoms with Crippen LogP contribution in [0, 0.1) is 6.92 Å². The Kier molecular flexibility index (Phi) is 5.81. The highest BCUT2D eigenvalue weighted by Gasteiger charge is 2.30. The van der Waals surface area contributed by atoms with Gasteiger partial charge in [0, 0.05) is 11.3 Å². The first-order valence-corrected chi connectivity index (χ1v) is 9.58. The number of hydrogen-bond donors (Lipinski definition) is 1. The molecular weight excluding hydrogens is 395 g/mol. The van der Waals surface area contributed by atoms with E-state index in [1.807, 2.05) is 31.2 Å². The Labute approximate surface area is 162 Å². The van der Waals surface area contributed by atoms with Crippen molar-refractivity contribution in [1.29, 1.82) is 0 Å². The molecule has 0 fully saturated rings. The lowest BCUT2D eigenvalue weighted by Crippen LogP contribution is -2.15. The third kappa shape index (κ3) is 5.30. The zero-order valence-electron chi connectivity index (χ0n) is 14.1. The first-order valence-electron chi connectivity index (χ1n) is 7.82. The van der Waals surface area contributed by atoms with Crippen molar-refractivity contribution >= 4 is 34.9 Å². The van der Waals surface area contributed by atoms with Gasteiger partial charge in [0.05, 0.1) is 11.3 Å². The lowest BCUT2D eigenvalue weighted by atomic mass is 10.1. The van der Waals surface area contributed by atoms with Crippen molar-refractivity contribution in [2.75, 3.05) is 11.1 Å². The summed E-state index contributed by atoms with van der Waals surface area (Å²) in [5.41, 5.74) is 1.29. The Morgan fingerprint density at radius 3 is 2.70 bits per heavy atom. The third-order valence-corrected chi connectivity index (χ3v) is 5.32. The number of benzene rings is 2. The molecule has 0 radical (unpaired) electrons. The van der Waals surface area contributed by atoms with Crippen molar-refractivity contribution in [3.63, 3.8) is 0 Å². The van der Waals surface area contributed by atoms with Crippen molar-refractivity contribution in [3.05, 3.63) is 59.7 Å². The van der Waals surface area contributed by atoms with Crippen LogP contribution in [-0.4, -0.2) is 21.0 Å². The van der Waals surface area contributed by atoms with E-state index < -0.39 is 17.6 Å². The van der Waals surface area contributed by atoms with Crippen LogP contribution in [0.15, 0.2) is 52.9 Å². The summed E-state index contributed by atoms with van der Waals surface area (Å²) >= 11 is 2.37. The number of carbonyl (C=O) groups excluding carboxylic acids is 1. The number of amides is 1. The molecule has 0 aliphatic carbocycles. The van der Waals surface area contributed by atoms with Gasteiger partial charge in [-0.2, -0.15) is 17.5 Å². The smallest absolute Gasteiger partial charge is 0.325 e. The minimum absolute atomic E-state index is 0.0265. The summed E-state index contributed by atoms with van der Waals surface area (Å²) in [4.78, 5) is 16.4. The molecule has 0 unspecified atom stereocenters. The van der Waals surface area contributed by atoms with Crippen LogP contribution >= 0.6 is 23.3 Å². The number of nitrogens with zero attached hydrogens (tertiary/aromatic N) is 2. The van der Waals surface area contributed by atoms with Gasteiger partial charge in [-0.25, -0.2) is 4.98 Å². The Morgan fingerprint density at radius 1 is 1.19 bits per heavy atom. The number of anilines is 1. The van der Waals surface area contributed by atoms with Crippen molar-refractivity contribution in [3.8, 4) is 11.4 Å². The highest BCUT2D eigenvalue weighted by Crippen LogP contribution is 2.31. The van der Waals surface area contributed by atoms with E-state index in [1.165, 1.54) is 35.4 Å². The summed E-state index contributed by atoms with van der Waals surface area (Å²) in [5.74, 6) is 0.203. The topological polar surface area (TPSA) is 54.9 Å². The van der Waals surface area contributed by atoms with Gasteiger partial charge in [-0.3, -0.25) is 4.79 Å². The number of alkyl halides is 3. The summed E-state index contributed by atoms with van der Waals surface area (Å²) in [5, 5.41) is 2.47. The third-order valence-electron chi connectivity index (χ3n) is 3.48. The van der Waals surface area contributed by atoms with Crippen molar-refractivity contribution in [1.82, 2.24) is 9.36 Å². The number of hydrogen-bond acceptors (Lipinski definition) is 5. The molecule has 2 aromatic carbocycles. The Bertz CT molecular complexity index is 957. The highest BCUT2D eigenvalue weighted by atomic mass is 32.2. The second kappa shape index (κ2) is 8.10. The van der Waals surface area contributed by atoms with Crippen LogP contribution in [-0.2, 0) is 11.0 Å². The maximum atomic E-state index is 12.7. The molecule has 0 bridgehead atoms. The van der Waals surface area contributed by atoms with Gasteiger partial charge >= 0.3 is 6.18 Å². The van der Waals surface area contributed by atoms with E-state index in [0.717, 1.165) is 23.3 Å². The zero-order chi connectivity index (χ0) is 19.4. The van der Waals surface area contributed by atoms with Crippen LogP contribution in [0.3, 0.4) is 0 Å². The molecule has 140 valence electrons. The molecule has 9 heteroatoms. The Balaban J connectivity index is 1.59. The summed E-state index contributed by atoms with van der Waals surface area (Å²) in [6.07, 6.45) is -4.45. The number of thioether (sulfide) groups is 1. The number of aromatic nitrogens is 2. The quantitative estimate of drug-likeness (QED) is 0.584. The van der Waals surface area contributed by atoms with Gasteiger partial charge < -0.3 is 5.32 Å². The average Bonchev–Trinajstić information content (AvgIpc) is 3.09. The SMILES string of the molecule is Cc1cccc(-c2nsc(SCC(=O)Nc3cccc(C(F)(F)F)c3)n2)c1. The monoisotopic (exact) mass is 409 g/mol. The largest absolute Gasteiger partial charge is 0.416 e. The molecule has 0 saturated carbocycles. The number of carbonyl (C=O) groups is 1. The Morgan fingerprint density at radius 2 is 1.96 bits per heavy atom. The molecule has 0 aliphatic rings. The molecule has 3 aromatic rings. The highest BCUT2D eigenvalue weighted by molar-refractivity contribution is 8.01. The van der Waals surface area contributed by atoms with E-state index in [9.17, 15) is 18.0 Å². The van der Waals surface area contributed by atoms with E-state index in [0.29, 0.717) is 10.2 Å². The zero-order valence-corrected chi connectivity index (χ0v) is 15.7. The fourth-order valence-electron chi connectivity index (χ4n) is 2.27. The molecule has 27 heavy (non-hydrogen) atoms. The number of nitrogens with one attached hydrogen (secondary N) is 1. The predicted molar refractivity (Wildman–Crippen MR) is 101 cm³/mol. The molecule has 1 N–H and O–H groups in total. The standard InChI is InChI=1S/C18H14F3N3OS2/c1-11-4-2-5-12(8-11)16-23-17(27-24-16)26-10-15(25)22-14-7-3-6-13(9-14)18(19,20)21/h2-9H,10H2,1H3,(H,22,25). The van der Waals surface area contributed by atoms with Gasteiger partial charge in [0.1, 0.15) is 0 Å². The second-order valence-corrected chi connectivity index (χ2v) is 7.64. The fraction of sp³-hybridized carbons (Fsp3) is 0.167. The normalized spacial score (nSPS) is 11.4. The maximum absolute atomic E-state index is 12.7. The molecule has 1 heterocycles. The van der Waals surface area contributed by atoms with E-state index in [-0.39, 0.29) is 11.4 Å². The molecule has 4 nitrogen and oxygen atoms in total. The van der Waals surface area contributed by atoms with Gasteiger partial charge in [-0.1, -0.05) is 41.6 Å². The van der Waals surface area contributed by atoms with Gasteiger partial charge in [-0.15, -0.1) is 0 Å². The van der Waals surface area contributed by atoms with E-state index in [1.54, 1.807) is 0 Å². The number of rotatable bonds is 5. The molecule has 3 rings (SSSR count). The van der Waals surface area contributed by atoms with Crippen LogP contribution < -0.4 is 5.32 Å². The first-order chi connectivity index (χ1) is 12.8. The van der Waals surface area contributed by atoms with Crippen LogP contribution in [0.2, 0.25) is 0 Å². The average molecular weight is 409 g/mol. The van der Waals surface area contributed by atoms with E-state index in [2.05, 4.69) is 14.7 Å². The summed E-state index contributed by atoms with van der Waals surface area (Å²) < 4.78 is 43.0. The molecule has 0 aliphatic heterocycles. The number of aryl methyl sites for hydroxylation is 1. The summed E-state index contributed by atoms with van der Waals surface area (Å²) in [6.45, 7) is 1.98. The van der Waals surface area contributed by atoms with Crippen molar-refractivity contribution in [2.45, 2.75) is 17.4 Å². The fourth-order valence-corrected chi connectivity index (χ4v) is 3.68. The molecule has 1 amide bonds. The van der Waals surface area contributed by atoms with Crippen LogP contribution in [0.5, 0.6) is 0 Å². The van der Waals surface area contributed by atoms with Crippen LogP contribution in [0.1, 0.15) is 11.1 Å². The van der Waals surface area contributed by atoms with Gasteiger partial charge in [-0.05, 0) is 42.7 Å².